The van der Waals surface area contributed by atoms with Crippen molar-refractivity contribution in [1.82, 2.24) is 15.0 Å². The summed E-state index contributed by atoms with van der Waals surface area (Å²) in [7, 11) is 0. The van der Waals surface area contributed by atoms with Crippen molar-refractivity contribution in [2.45, 2.75) is 12.8 Å². The van der Waals surface area contributed by atoms with E-state index in [4.69, 9.17) is 9.52 Å². The van der Waals surface area contributed by atoms with Gasteiger partial charge in [-0.2, -0.15) is 9.97 Å². The maximum absolute atomic E-state index is 13.2. The first-order valence-corrected chi connectivity index (χ1v) is 7.54. The summed E-state index contributed by atoms with van der Waals surface area (Å²) in [5.41, 5.74) is 1.43. The maximum atomic E-state index is 13.2. The first-order chi connectivity index (χ1) is 11.6. The van der Waals surface area contributed by atoms with Gasteiger partial charge < -0.3 is 14.4 Å². The molecule has 1 aliphatic rings. The van der Waals surface area contributed by atoms with Gasteiger partial charge in [0.25, 0.3) is 5.71 Å². The summed E-state index contributed by atoms with van der Waals surface area (Å²) in [5.74, 6) is -1.47. The molecule has 4 rings (SSSR count). The minimum absolute atomic E-state index is 0.0835. The van der Waals surface area contributed by atoms with Crippen LogP contribution in [0.15, 0.2) is 28.7 Å². The van der Waals surface area contributed by atoms with Crippen molar-refractivity contribution in [3.63, 3.8) is 0 Å². The van der Waals surface area contributed by atoms with Crippen molar-refractivity contribution in [3.8, 4) is 11.3 Å². The summed E-state index contributed by atoms with van der Waals surface area (Å²) < 4.78 is 18.4. The van der Waals surface area contributed by atoms with E-state index in [1.165, 1.54) is 12.1 Å². The number of anilines is 1. The molecule has 24 heavy (non-hydrogen) atoms. The van der Waals surface area contributed by atoms with E-state index in [9.17, 15) is 9.18 Å². The smallest absolute Gasteiger partial charge is 0.392 e. The van der Waals surface area contributed by atoms with Gasteiger partial charge in [0, 0.05) is 18.7 Å². The number of carboxylic acid groups (broad SMARTS) is 1. The average molecular weight is 328 g/mol. The topological polar surface area (TPSA) is 92.3 Å². The van der Waals surface area contributed by atoms with E-state index in [1.807, 2.05) is 0 Å². The van der Waals surface area contributed by atoms with E-state index in [0.717, 1.165) is 25.9 Å². The Morgan fingerprint density at radius 3 is 2.50 bits per heavy atom. The fourth-order valence-corrected chi connectivity index (χ4v) is 2.80. The number of halogens is 1. The summed E-state index contributed by atoms with van der Waals surface area (Å²) in [6.07, 6.45) is 2.08. The second kappa shape index (κ2) is 5.55. The largest absolute Gasteiger partial charge is 0.474 e. The maximum Gasteiger partial charge on any atom is 0.392 e. The lowest BCUT2D eigenvalue weighted by molar-refractivity contribution is 0.0656. The van der Waals surface area contributed by atoms with Gasteiger partial charge in [-0.1, -0.05) is 0 Å². The zero-order chi connectivity index (χ0) is 16.7. The fraction of sp³-hybridized carbons (Fsp3) is 0.250. The molecule has 0 bridgehead atoms. The second-order valence-corrected chi connectivity index (χ2v) is 5.55. The molecule has 1 aliphatic heterocycles. The number of aromatic carboxylic acids is 1. The number of hydrogen-bond donors (Lipinski definition) is 1. The third-order valence-electron chi connectivity index (χ3n) is 3.94. The third kappa shape index (κ3) is 2.45. The molecule has 0 atom stereocenters. The number of nitrogens with zero attached hydrogens (tertiary/aromatic N) is 4. The zero-order valence-electron chi connectivity index (χ0n) is 12.6. The van der Waals surface area contributed by atoms with E-state index >= 15 is 0 Å². The summed E-state index contributed by atoms with van der Waals surface area (Å²) >= 11 is 0. The first-order valence-electron chi connectivity index (χ1n) is 7.54. The van der Waals surface area contributed by atoms with Gasteiger partial charge in [0.15, 0.2) is 5.82 Å². The molecule has 1 aromatic carbocycles. The van der Waals surface area contributed by atoms with Crippen LogP contribution in [-0.2, 0) is 0 Å². The van der Waals surface area contributed by atoms with Crippen LogP contribution < -0.4 is 4.90 Å². The van der Waals surface area contributed by atoms with Gasteiger partial charge in [-0.05, 0) is 37.1 Å². The molecule has 3 heterocycles. The molecule has 1 fully saturated rings. The highest BCUT2D eigenvalue weighted by Gasteiger charge is 2.23. The Kier molecular flexibility index (Phi) is 3.37. The summed E-state index contributed by atoms with van der Waals surface area (Å²) in [5, 5.41) is 9.02. The van der Waals surface area contributed by atoms with Gasteiger partial charge in [0.2, 0.25) is 5.65 Å². The predicted molar refractivity (Wildman–Crippen MR) is 83.4 cm³/mol. The lowest BCUT2D eigenvalue weighted by Crippen LogP contribution is -2.20. The molecule has 1 saturated heterocycles. The van der Waals surface area contributed by atoms with Gasteiger partial charge in [-0.3, -0.25) is 0 Å². The Balaban J connectivity index is 1.92. The molecule has 2 aromatic heterocycles. The Bertz CT molecular complexity index is 917. The van der Waals surface area contributed by atoms with Crippen LogP contribution in [0.3, 0.4) is 0 Å². The standard InChI is InChI=1S/C16H13FN4O3/c17-10-5-3-9(4-6-10)11-13(21-7-1-2-8-21)20-14-12(18-11)19-15(24-14)16(22)23/h3-6H,1-2,7-8H2,(H,22,23). The van der Waals surface area contributed by atoms with E-state index < -0.39 is 11.9 Å². The molecule has 0 radical (unpaired) electrons. The van der Waals surface area contributed by atoms with Crippen LogP contribution in [0, 0.1) is 5.82 Å². The summed E-state index contributed by atoms with van der Waals surface area (Å²) in [6, 6.07) is 5.92. The van der Waals surface area contributed by atoms with Crippen LogP contribution in [0.4, 0.5) is 10.2 Å². The van der Waals surface area contributed by atoms with Crippen molar-refractivity contribution in [2.75, 3.05) is 18.0 Å². The van der Waals surface area contributed by atoms with E-state index in [-0.39, 0.29) is 17.2 Å². The molecule has 0 amide bonds. The van der Waals surface area contributed by atoms with Gasteiger partial charge >= 0.3 is 11.9 Å². The molecule has 8 heteroatoms. The molecule has 7 nitrogen and oxygen atoms in total. The molecule has 0 saturated carbocycles. The molecule has 0 unspecified atom stereocenters. The summed E-state index contributed by atoms with van der Waals surface area (Å²) in [4.78, 5) is 25.8. The Morgan fingerprint density at radius 1 is 1.12 bits per heavy atom. The van der Waals surface area contributed by atoms with Crippen LogP contribution in [0.1, 0.15) is 23.5 Å². The number of rotatable bonds is 3. The van der Waals surface area contributed by atoms with Gasteiger partial charge in [-0.15, -0.1) is 0 Å². The number of oxazole rings is 1. The number of benzene rings is 1. The zero-order valence-corrected chi connectivity index (χ0v) is 12.6. The quantitative estimate of drug-likeness (QED) is 0.790. The van der Waals surface area contributed by atoms with Crippen LogP contribution in [0.2, 0.25) is 0 Å². The van der Waals surface area contributed by atoms with Crippen molar-refractivity contribution in [1.29, 1.82) is 0 Å². The highest BCUT2D eigenvalue weighted by atomic mass is 19.1. The van der Waals surface area contributed by atoms with Crippen LogP contribution in [0.25, 0.3) is 22.6 Å². The van der Waals surface area contributed by atoms with Gasteiger partial charge in [0.1, 0.15) is 11.5 Å². The minimum Gasteiger partial charge on any atom is -0.474 e. The lowest BCUT2D eigenvalue weighted by atomic mass is 10.1. The van der Waals surface area contributed by atoms with Crippen LogP contribution in [0.5, 0.6) is 0 Å². The molecule has 0 spiro atoms. The molecule has 0 aliphatic carbocycles. The highest BCUT2D eigenvalue weighted by molar-refractivity contribution is 5.86. The SMILES string of the molecule is O=C(O)c1nc2nc(-c3ccc(F)cc3)c(N3CCCC3)nc2o1. The lowest BCUT2D eigenvalue weighted by Gasteiger charge is -2.18. The third-order valence-corrected chi connectivity index (χ3v) is 3.94. The highest BCUT2D eigenvalue weighted by Crippen LogP contribution is 2.31. The number of carboxylic acids is 1. The molecule has 1 N–H and O–H groups in total. The second-order valence-electron chi connectivity index (χ2n) is 5.55. The predicted octanol–water partition coefficient (Wildman–Crippen LogP) is 2.72. The van der Waals surface area contributed by atoms with Crippen molar-refractivity contribution >= 4 is 23.1 Å². The molecule has 3 aromatic rings. The monoisotopic (exact) mass is 328 g/mol. The van der Waals surface area contributed by atoms with E-state index in [1.54, 1.807) is 12.1 Å². The normalized spacial score (nSPS) is 14.5. The Hall–Kier alpha value is -3.03. The van der Waals surface area contributed by atoms with E-state index in [0.29, 0.717) is 17.1 Å². The molecular weight excluding hydrogens is 315 g/mol. The average Bonchev–Trinajstić information content (AvgIpc) is 3.23. The Morgan fingerprint density at radius 2 is 1.83 bits per heavy atom. The van der Waals surface area contributed by atoms with Gasteiger partial charge in [-0.25, -0.2) is 14.2 Å². The summed E-state index contributed by atoms with van der Waals surface area (Å²) in [6.45, 7) is 1.66. The number of fused-ring (bicyclic) bond motifs is 1. The van der Waals surface area contributed by atoms with Crippen molar-refractivity contribution in [2.24, 2.45) is 0 Å². The van der Waals surface area contributed by atoms with Crippen LogP contribution in [-0.4, -0.2) is 39.1 Å². The molecular formula is C16H13FN4O3. The number of hydrogen-bond acceptors (Lipinski definition) is 6. The van der Waals surface area contributed by atoms with Gasteiger partial charge in [0.05, 0.1) is 0 Å². The Labute approximate surface area is 135 Å². The number of carbonyl (C=O) groups is 1. The molecule has 122 valence electrons. The van der Waals surface area contributed by atoms with Crippen LogP contribution >= 0.6 is 0 Å². The van der Waals surface area contributed by atoms with Crippen molar-refractivity contribution < 1.29 is 18.7 Å². The van der Waals surface area contributed by atoms with E-state index in [2.05, 4.69) is 19.9 Å². The first kappa shape index (κ1) is 14.6. The number of aromatic nitrogens is 3. The van der Waals surface area contributed by atoms with Crippen molar-refractivity contribution in [3.05, 3.63) is 36.0 Å². The minimum atomic E-state index is -1.28. The fourth-order valence-electron chi connectivity index (χ4n) is 2.80.